The quantitative estimate of drug-likeness (QED) is 0.437. The zero-order chi connectivity index (χ0) is 12.0. The molecule has 0 N–H and O–H groups in total. The van der Waals surface area contributed by atoms with Gasteiger partial charge in [-0.3, -0.25) is 0 Å². The summed E-state index contributed by atoms with van der Waals surface area (Å²) in [4.78, 5) is 21.8. The van der Waals surface area contributed by atoms with Gasteiger partial charge in [0.05, 0.1) is 11.8 Å². The summed E-state index contributed by atoms with van der Waals surface area (Å²) in [5.41, 5.74) is 0. The van der Waals surface area contributed by atoms with Crippen molar-refractivity contribution in [2.75, 3.05) is 12.4 Å². The van der Waals surface area contributed by atoms with E-state index in [-0.39, 0.29) is 18.5 Å². The molecule has 0 unspecified atom stereocenters. The summed E-state index contributed by atoms with van der Waals surface area (Å²) >= 11 is 5.43. The van der Waals surface area contributed by atoms with Crippen molar-refractivity contribution in [2.45, 2.75) is 38.7 Å². The molecule has 6 heteroatoms. The van der Waals surface area contributed by atoms with E-state index in [2.05, 4.69) is 12.2 Å². The SMILES string of the molecule is CC1CCC(OC(=O)N(CCCl)N=O)CC1. The van der Waals surface area contributed by atoms with Crippen LogP contribution in [0.25, 0.3) is 0 Å². The lowest BCUT2D eigenvalue weighted by molar-refractivity contribution is 0.0405. The molecule has 0 spiro atoms. The van der Waals surface area contributed by atoms with E-state index in [1.54, 1.807) is 0 Å². The number of carbonyl (C=O) groups excluding carboxylic acids is 1. The first-order chi connectivity index (χ1) is 7.67. The molecular weight excluding hydrogens is 232 g/mol. The fourth-order valence-electron chi connectivity index (χ4n) is 1.80. The van der Waals surface area contributed by atoms with Gasteiger partial charge in [0.1, 0.15) is 6.10 Å². The molecule has 1 saturated carbocycles. The molecule has 16 heavy (non-hydrogen) atoms. The third-order valence-electron chi connectivity index (χ3n) is 2.84. The Morgan fingerprint density at radius 3 is 2.56 bits per heavy atom. The van der Waals surface area contributed by atoms with Gasteiger partial charge in [-0.25, -0.2) is 4.79 Å². The fraction of sp³-hybridized carbons (Fsp3) is 0.900. The van der Waals surface area contributed by atoms with Gasteiger partial charge in [0, 0.05) is 5.88 Å². The third-order valence-corrected chi connectivity index (χ3v) is 3.01. The zero-order valence-corrected chi connectivity index (χ0v) is 10.2. The highest BCUT2D eigenvalue weighted by atomic mass is 35.5. The predicted molar refractivity (Wildman–Crippen MR) is 61.1 cm³/mol. The number of carbonyl (C=O) groups is 1. The largest absolute Gasteiger partial charge is 0.445 e. The topological polar surface area (TPSA) is 59.0 Å². The van der Waals surface area contributed by atoms with Gasteiger partial charge < -0.3 is 4.74 Å². The van der Waals surface area contributed by atoms with E-state index in [9.17, 15) is 9.70 Å². The summed E-state index contributed by atoms with van der Waals surface area (Å²) in [5.74, 6) is 0.862. The number of nitroso groups, excluding NO2 is 1. The second-order valence-corrected chi connectivity index (χ2v) is 4.54. The molecule has 1 rings (SSSR count). The van der Waals surface area contributed by atoms with Gasteiger partial charge in [0.15, 0.2) is 0 Å². The highest BCUT2D eigenvalue weighted by Gasteiger charge is 2.24. The minimum absolute atomic E-state index is 0.0803. The van der Waals surface area contributed by atoms with Crippen LogP contribution in [-0.4, -0.2) is 29.6 Å². The number of rotatable bonds is 4. The second kappa shape index (κ2) is 6.68. The molecule has 0 aromatic rings. The molecule has 0 aromatic carbocycles. The fourth-order valence-corrected chi connectivity index (χ4v) is 1.96. The smallest absolute Gasteiger partial charge is 0.433 e. The van der Waals surface area contributed by atoms with E-state index >= 15 is 0 Å². The first kappa shape index (κ1) is 13.2. The Morgan fingerprint density at radius 2 is 2.06 bits per heavy atom. The molecule has 0 heterocycles. The van der Waals surface area contributed by atoms with Gasteiger partial charge in [-0.2, -0.15) is 5.01 Å². The first-order valence-electron chi connectivity index (χ1n) is 5.54. The number of nitrogens with zero attached hydrogens (tertiary/aromatic N) is 2. The minimum Gasteiger partial charge on any atom is -0.445 e. The van der Waals surface area contributed by atoms with Crippen molar-refractivity contribution in [3.05, 3.63) is 4.91 Å². The average Bonchev–Trinajstić information content (AvgIpc) is 2.29. The lowest BCUT2D eigenvalue weighted by Crippen LogP contribution is -2.33. The highest BCUT2D eigenvalue weighted by molar-refractivity contribution is 6.18. The van der Waals surface area contributed by atoms with Crippen LogP contribution in [0.2, 0.25) is 0 Å². The molecule has 0 aliphatic heterocycles. The van der Waals surface area contributed by atoms with Crippen molar-refractivity contribution in [1.29, 1.82) is 0 Å². The van der Waals surface area contributed by atoms with E-state index in [1.807, 2.05) is 0 Å². The van der Waals surface area contributed by atoms with Gasteiger partial charge in [-0.15, -0.1) is 16.5 Å². The molecule has 0 bridgehead atoms. The summed E-state index contributed by atoms with van der Waals surface area (Å²) in [7, 11) is 0. The van der Waals surface area contributed by atoms with E-state index in [0.29, 0.717) is 5.92 Å². The van der Waals surface area contributed by atoms with Crippen LogP contribution in [0.5, 0.6) is 0 Å². The lowest BCUT2D eigenvalue weighted by atomic mass is 9.89. The Kier molecular flexibility index (Phi) is 5.52. The van der Waals surface area contributed by atoms with Crippen LogP contribution >= 0.6 is 11.6 Å². The van der Waals surface area contributed by atoms with Gasteiger partial charge in [0.2, 0.25) is 0 Å². The van der Waals surface area contributed by atoms with Crippen molar-refractivity contribution in [1.82, 2.24) is 5.01 Å². The molecule has 5 nitrogen and oxygen atoms in total. The van der Waals surface area contributed by atoms with Crippen LogP contribution in [0, 0.1) is 10.8 Å². The molecule has 0 atom stereocenters. The van der Waals surface area contributed by atoms with Crippen LogP contribution in [0.4, 0.5) is 4.79 Å². The summed E-state index contributed by atoms with van der Waals surface area (Å²) in [6.07, 6.45) is 3.07. The Balaban J connectivity index is 2.35. The van der Waals surface area contributed by atoms with Crippen molar-refractivity contribution in [2.24, 2.45) is 11.2 Å². The average molecular weight is 249 g/mol. The number of amides is 1. The second-order valence-electron chi connectivity index (χ2n) is 4.16. The Hall–Kier alpha value is -0.840. The van der Waals surface area contributed by atoms with Crippen LogP contribution in [0.15, 0.2) is 5.29 Å². The molecule has 1 amide bonds. The predicted octanol–water partition coefficient (Wildman–Crippen LogP) is 2.92. The number of alkyl halides is 1. The summed E-state index contributed by atoms with van der Waals surface area (Å²) in [6, 6.07) is 0. The molecule has 92 valence electrons. The number of hydrogen-bond acceptors (Lipinski definition) is 4. The maximum Gasteiger partial charge on any atom is 0.433 e. The van der Waals surface area contributed by atoms with Gasteiger partial charge in [-0.1, -0.05) is 6.92 Å². The number of hydrogen-bond donors (Lipinski definition) is 0. The molecule has 0 saturated heterocycles. The Morgan fingerprint density at radius 1 is 1.44 bits per heavy atom. The van der Waals surface area contributed by atoms with Crippen molar-refractivity contribution >= 4 is 17.7 Å². The van der Waals surface area contributed by atoms with Crippen molar-refractivity contribution < 1.29 is 9.53 Å². The molecular formula is C10H17ClN2O3. The minimum atomic E-state index is -0.685. The maximum atomic E-state index is 11.5. The van der Waals surface area contributed by atoms with E-state index < -0.39 is 6.09 Å². The van der Waals surface area contributed by atoms with E-state index in [4.69, 9.17) is 16.3 Å². The summed E-state index contributed by atoms with van der Waals surface area (Å²) < 4.78 is 5.18. The Labute approximate surface area is 100 Å². The van der Waals surface area contributed by atoms with Crippen LogP contribution < -0.4 is 0 Å². The van der Waals surface area contributed by atoms with Gasteiger partial charge in [0.25, 0.3) is 0 Å². The lowest BCUT2D eigenvalue weighted by Gasteiger charge is -2.26. The van der Waals surface area contributed by atoms with Crippen LogP contribution in [0.1, 0.15) is 32.6 Å². The highest BCUT2D eigenvalue weighted by Crippen LogP contribution is 2.25. The number of ether oxygens (including phenoxy) is 1. The van der Waals surface area contributed by atoms with Crippen LogP contribution in [-0.2, 0) is 4.74 Å². The van der Waals surface area contributed by atoms with Gasteiger partial charge in [-0.05, 0) is 31.6 Å². The monoisotopic (exact) mass is 248 g/mol. The maximum absolute atomic E-state index is 11.5. The summed E-state index contributed by atoms with van der Waals surface area (Å²) in [5, 5.41) is 3.31. The zero-order valence-electron chi connectivity index (χ0n) is 9.39. The molecule has 0 radical (unpaired) electrons. The molecule has 0 aromatic heterocycles. The summed E-state index contributed by atoms with van der Waals surface area (Å²) in [6.45, 7) is 2.28. The van der Waals surface area contributed by atoms with Gasteiger partial charge >= 0.3 is 6.09 Å². The first-order valence-corrected chi connectivity index (χ1v) is 6.08. The Bertz CT molecular complexity index is 242. The van der Waals surface area contributed by atoms with E-state index in [0.717, 1.165) is 30.7 Å². The number of halogens is 1. The third kappa shape index (κ3) is 3.96. The van der Waals surface area contributed by atoms with Crippen molar-refractivity contribution in [3.8, 4) is 0 Å². The molecule has 1 fully saturated rings. The van der Waals surface area contributed by atoms with Crippen molar-refractivity contribution in [3.63, 3.8) is 0 Å². The van der Waals surface area contributed by atoms with E-state index in [1.165, 1.54) is 0 Å². The molecule has 1 aliphatic rings. The normalized spacial score (nSPS) is 24.9. The molecule has 1 aliphatic carbocycles. The standard InChI is InChI=1S/C10H17ClN2O3/c1-8-2-4-9(5-3-8)16-10(14)13(12-15)7-6-11/h8-9H,2-7H2,1H3. The van der Waals surface area contributed by atoms with Crippen LogP contribution in [0.3, 0.4) is 0 Å².